The van der Waals surface area contributed by atoms with E-state index in [1.807, 2.05) is 38.1 Å². The zero-order chi connectivity index (χ0) is 15.4. The Labute approximate surface area is 123 Å². The van der Waals surface area contributed by atoms with E-state index >= 15 is 0 Å². The van der Waals surface area contributed by atoms with Crippen molar-refractivity contribution in [3.63, 3.8) is 0 Å². The van der Waals surface area contributed by atoms with Crippen molar-refractivity contribution in [3.8, 4) is 0 Å². The lowest BCUT2D eigenvalue weighted by atomic mass is 9.97. The Morgan fingerprint density at radius 2 is 2.00 bits per heavy atom. The highest BCUT2D eigenvalue weighted by Gasteiger charge is 2.20. The lowest BCUT2D eigenvalue weighted by molar-refractivity contribution is -0.142. The number of para-hydroxylation sites is 1. The zero-order valence-electron chi connectivity index (χ0n) is 12.2. The molecule has 1 unspecified atom stereocenters. The van der Waals surface area contributed by atoms with Crippen LogP contribution in [0.5, 0.6) is 0 Å². The fourth-order valence-electron chi connectivity index (χ4n) is 2.41. The van der Waals surface area contributed by atoms with Gasteiger partial charge in [0.25, 0.3) is 5.91 Å². The molecule has 0 saturated carbocycles. The van der Waals surface area contributed by atoms with Crippen molar-refractivity contribution in [1.29, 1.82) is 0 Å². The van der Waals surface area contributed by atoms with Crippen LogP contribution < -0.4 is 5.32 Å². The number of aromatic nitrogens is 1. The van der Waals surface area contributed by atoms with Crippen LogP contribution in [-0.2, 0) is 4.79 Å². The van der Waals surface area contributed by atoms with Gasteiger partial charge in [-0.3, -0.25) is 9.59 Å². The maximum absolute atomic E-state index is 12.2. The van der Waals surface area contributed by atoms with E-state index < -0.39 is 11.9 Å². The lowest BCUT2D eigenvalue weighted by Crippen LogP contribution is -2.33. The molecule has 0 fully saturated rings. The van der Waals surface area contributed by atoms with Crippen molar-refractivity contribution >= 4 is 22.8 Å². The first-order chi connectivity index (χ1) is 9.99. The molecule has 5 heteroatoms. The molecule has 0 saturated heterocycles. The maximum atomic E-state index is 12.2. The van der Waals surface area contributed by atoms with Crippen LogP contribution in [0.1, 0.15) is 30.6 Å². The number of carboxylic acids is 1. The van der Waals surface area contributed by atoms with Crippen LogP contribution in [0.2, 0.25) is 0 Å². The number of aromatic amines is 1. The molecule has 0 radical (unpaired) electrons. The first-order valence-electron chi connectivity index (χ1n) is 7.06. The molecule has 1 atom stereocenters. The van der Waals surface area contributed by atoms with Crippen LogP contribution >= 0.6 is 0 Å². The van der Waals surface area contributed by atoms with Gasteiger partial charge in [0.2, 0.25) is 0 Å². The van der Waals surface area contributed by atoms with E-state index in [4.69, 9.17) is 0 Å². The monoisotopic (exact) mass is 288 g/mol. The average Bonchev–Trinajstić information content (AvgIpc) is 2.86. The number of rotatable bonds is 6. The third kappa shape index (κ3) is 3.62. The lowest BCUT2D eigenvalue weighted by Gasteiger charge is -2.15. The fourth-order valence-corrected chi connectivity index (χ4v) is 2.41. The molecule has 0 aliphatic carbocycles. The van der Waals surface area contributed by atoms with Crippen LogP contribution in [-0.4, -0.2) is 28.5 Å². The molecule has 5 nitrogen and oxygen atoms in total. The number of carbonyl (C=O) groups excluding carboxylic acids is 1. The molecule has 1 aromatic carbocycles. The number of fused-ring (bicyclic) bond motifs is 1. The predicted octanol–water partition coefficient (Wildman–Crippen LogP) is 2.64. The molecule has 3 N–H and O–H groups in total. The highest BCUT2D eigenvalue weighted by atomic mass is 16.4. The summed E-state index contributed by atoms with van der Waals surface area (Å²) in [4.78, 5) is 26.4. The second kappa shape index (κ2) is 6.43. The number of carbonyl (C=O) groups is 2. The average molecular weight is 288 g/mol. The third-order valence-electron chi connectivity index (χ3n) is 3.45. The van der Waals surface area contributed by atoms with Crippen LogP contribution in [0, 0.1) is 11.8 Å². The predicted molar refractivity (Wildman–Crippen MR) is 81.2 cm³/mol. The number of nitrogens with one attached hydrogen (secondary N) is 2. The van der Waals surface area contributed by atoms with E-state index in [0.29, 0.717) is 12.0 Å². The molecule has 1 amide bonds. The minimum Gasteiger partial charge on any atom is -0.481 e. The number of amides is 1. The molecule has 0 aliphatic heterocycles. The summed E-state index contributed by atoms with van der Waals surface area (Å²) >= 11 is 0. The number of aliphatic carboxylic acids is 1. The van der Waals surface area contributed by atoms with Gasteiger partial charge in [-0.05, 0) is 18.4 Å². The van der Waals surface area contributed by atoms with E-state index in [0.717, 1.165) is 10.9 Å². The standard InChI is InChI=1S/C16H20N2O3/c1-10(2)7-11(16(20)21)8-18-15(19)13-9-17-14-6-4-3-5-12(13)14/h3-6,9-11,17H,7-8H2,1-2H3,(H,18,19)(H,20,21). The van der Waals surface area contributed by atoms with Gasteiger partial charge in [0.15, 0.2) is 0 Å². The Balaban J connectivity index is 2.05. The normalized spacial score (nSPS) is 12.5. The van der Waals surface area contributed by atoms with E-state index in [-0.39, 0.29) is 18.4 Å². The molecule has 112 valence electrons. The van der Waals surface area contributed by atoms with Gasteiger partial charge in [-0.25, -0.2) is 0 Å². The third-order valence-corrected chi connectivity index (χ3v) is 3.45. The summed E-state index contributed by atoms with van der Waals surface area (Å²) in [7, 11) is 0. The minimum atomic E-state index is -0.872. The molecule has 2 rings (SSSR count). The Bertz CT molecular complexity index is 646. The Morgan fingerprint density at radius 1 is 1.29 bits per heavy atom. The van der Waals surface area contributed by atoms with Crippen LogP contribution in [0.4, 0.5) is 0 Å². The number of hydrogen-bond donors (Lipinski definition) is 3. The molecule has 0 bridgehead atoms. The quantitative estimate of drug-likeness (QED) is 0.764. The first kappa shape index (κ1) is 15.1. The molecule has 0 aliphatic rings. The molecule has 1 aromatic heterocycles. The Kier molecular flexibility index (Phi) is 4.62. The van der Waals surface area contributed by atoms with Crippen LogP contribution in [0.3, 0.4) is 0 Å². The van der Waals surface area contributed by atoms with E-state index in [9.17, 15) is 14.7 Å². The van der Waals surface area contributed by atoms with Gasteiger partial charge in [0.05, 0.1) is 11.5 Å². The van der Waals surface area contributed by atoms with Gasteiger partial charge in [0.1, 0.15) is 0 Å². The number of carboxylic acid groups (broad SMARTS) is 1. The minimum absolute atomic E-state index is 0.145. The van der Waals surface area contributed by atoms with Gasteiger partial charge in [-0.15, -0.1) is 0 Å². The summed E-state index contributed by atoms with van der Waals surface area (Å²) in [6, 6.07) is 7.52. The van der Waals surface area contributed by atoms with Crippen molar-refractivity contribution in [2.24, 2.45) is 11.8 Å². The largest absolute Gasteiger partial charge is 0.481 e. The molecular formula is C16H20N2O3. The van der Waals surface area contributed by atoms with Gasteiger partial charge in [-0.1, -0.05) is 32.0 Å². The van der Waals surface area contributed by atoms with Crippen LogP contribution in [0.25, 0.3) is 10.9 Å². The maximum Gasteiger partial charge on any atom is 0.308 e. The number of H-pyrrole nitrogens is 1. The number of hydrogen-bond acceptors (Lipinski definition) is 2. The molecule has 2 aromatic rings. The summed E-state index contributed by atoms with van der Waals surface area (Å²) in [6.07, 6.45) is 2.20. The van der Waals surface area contributed by atoms with Crippen molar-refractivity contribution in [2.45, 2.75) is 20.3 Å². The van der Waals surface area contributed by atoms with E-state index in [1.165, 1.54) is 0 Å². The SMILES string of the molecule is CC(C)CC(CNC(=O)c1c[nH]c2ccccc12)C(=O)O. The van der Waals surface area contributed by atoms with Gasteiger partial charge in [0, 0.05) is 23.6 Å². The first-order valence-corrected chi connectivity index (χ1v) is 7.06. The molecule has 1 heterocycles. The smallest absolute Gasteiger partial charge is 0.308 e. The van der Waals surface area contributed by atoms with Crippen molar-refractivity contribution in [1.82, 2.24) is 10.3 Å². The molecular weight excluding hydrogens is 268 g/mol. The van der Waals surface area contributed by atoms with Crippen molar-refractivity contribution in [2.75, 3.05) is 6.54 Å². The summed E-state index contributed by atoms with van der Waals surface area (Å²) in [5.41, 5.74) is 1.43. The van der Waals surface area contributed by atoms with Gasteiger partial charge in [-0.2, -0.15) is 0 Å². The van der Waals surface area contributed by atoms with E-state index in [1.54, 1.807) is 6.20 Å². The molecule has 0 spiro atoms. The second-order valence-corrected chi connectivity index (χ2v) is 5.62. The summed E-state index contributed by atoms with van der Waals surface area (Å²) in [5, 5.41) is 12.7. The van der Waals surface area contributed by atoms with Gasteiger partial charge >= 0.3 is 5.97 Å². The number of benzene rings is 1. The fraction of sp³-hybridized carbons (Fsp3) is 0.375. The zero-order valence-corrected chi connectivity index (χ0v) is 12.2. The van der Waals surface area contributed by atoms with Crippen molar-refractivity contribution in [3.05, 3.63) is 36.0 Å². The molecule has 21 heavy (non-hydrogen) atoms. The summed E-state index contributed by atoms with van der Waals surface area (Å²) in [6.45, 7) is 4.08. The van der Waals surface area contributed by atoms with Gasteiger partial charge < -0.3 is 15.4 Å². The topological polar surface area (TPSA) is 82.2 Å². The summed E-state index contributed by atoms with van der Waals surface area (Å²) in [5.74, 6) is -1.40. The summed E-state index contributed by atoms with van der Waals surface area (Å²) < 4.78 is 0. The van der Waals surface area contributed by atoms with E-state index in [2.05, 4.69) is 10.3 Å². The Morgan fingerprint density at radius 3 is 2.67 bits per heavy atom. The Hall–Kier alpha value is -2.30. The highest BCUT2D eigenvalue weighted by Crippen LogP contribution is 2.18. The highest BCUT2D eigenvalue weighted by molar-refractivity contribution is 6.06. The second-order valence-electron chi connectivity index (χ2n) is 5.62. The van der Waals surface area contributed by atoms with Crippen molar-refractivity contribution < 1.29 is 14.7 Å². The van der Waals surface area contributed by atoms with Crippen LogP contribution in [0.15, 0.2) is 30.5 Å².